The van der Waals surface area contributed by atoms with Crippen molar-refractivity contribution in [2.75, 3.05) is 0 Å². The van der Waals surface area contributed by atoms with Gasteiger partial charge in [0.2, 0.25) is 0 Å². The minimum absolute atomic E-state index is 0.280. The number of hydrogen-bond donors (Lipinski definition) is 0. The number of rotatable bonds is 6. The van der Waals surface area contributed by atoms with Crippen molar-refractivity contribution in [3.8, 4) is 22.4 Å². The zero-order chi connectivity index (χ0) is 17.0. The first-order chi connectivity index (χ1) is 11.6. The van der Waals surface area contributed by atoms with Gasteiger partial charge < -0.3 is 0 Å². The highest BCUT2D eigenvalue weighted by Crippen LogP contribution is 2.28. The van der Waals surface area contributed by atoms with E-state index in [1.165, 1.54) is 11.1 Å². The average Bonchev–Trinajstić information content (AvgIpc) is 3.10. The fourth-order valence-corrected chi connectivity index (χ4v) is 2.84. The number of aromatic nitrogens is 3. The molecule has 0 unspecified atom stereocenters. The van der Waals surface area contributed by atoms with Crippen molar-refractivity contribution < 1.29 is 0 Å². The highest BCUT2D eigenvalue weighted by molar-refractivity contribution is 5.68. The summed E-state index contributed by atoms with van der Waals surface area (Å²) in [7, 11) is 0. The quantitative estimate of drug-likeness (QED) is 0.606. The molecule has 0 atom stereocenters. The maximum atomic E-state index is 4.35. The molecular weight excluding hydrogens is 294 g/mol. The van der Waals surface area contributed by atoms with Crippen LogP contribution in [-0.4, -0.2) is 15.0 Å². The molecule has 0 saturated carbocycles. The molecule has 0 radical (unpaired) electrons. The van der Waals surface area contributed by atoms with E-state index >= 15 is 0 Å². The van der Waals surface area contributed by atoms with Gasteiger partial charge in [-0.1, -0.05) is 80.6 Å². The molecule has 0 aliphatic heterocycles. The van der Waals surface area contributed by atoms with Crippen LogP contribution < -0.4 is 0 Å². The molecule has 0 spiro atoms. The summed E-state index contributed by atoms with van der Waals surface area (Å²) in [6, 6.07) is 18.9. The van der Waals surface area contributed by atoms with Crippen molar-refractivity contribution in [1.82, 2.24) is 15.0 Å². The van der Waals surface area contributed by atoms with Crippen LogP contribution >= 0.6 is 0 Å². The topological polar surface area (TPSA) is 30.7 Å². The van der Waals surface area contributed by atoms with Gasteiger partial charge in [0.25, 0.3) is 0 Å². The molecule has 2 aromatic carbocycles. The standard InChI is InChI=1S/C21H25N3/c1-4-21(3,5-2)16-24-15-20(22-23-24)19-13-11-18(12-14-19)17-9-7-6-8-10-17/h6-15H,4-5,16H2,1-3H3. The largest absolute Gasteiger partial charge is 0.251 e. The molecule has 0 saturated heterocycles. The first-order valence-electron chi connectivity index (χ1n) is 8.69. The van der Waals surface area contributed by atoms with E-state index in [4.69, 9.17) is 0 Å². The zero-order valence-electron chi connectivity index (χ0n) is 14.7. The van der Waals surface area contributed by atoms with Gasteiger partial charge in [0, 0.05) is 12.1 Å². The Labute approximate surface area is 144 Å². The average molecular weight is 319 g/mol. The van der Waals surface area contributed by atoms with Gasteiger partial charge in [-0.15, -0.1) is 5.10 Å². The number of nitrogens with zero attached hydrogens (tertiary/aromatic N) is 3. The van der Waals surface area contributed by atoms with E-state index < -0.39 is 0 Å². The van der Waals surface area contributed by atoms with Crippen LogP contribution in [0.2, 0.25) is 0 Å². The molecule has 0 amide bonds. The van der Waals surface area contributed by atoms with Gasteiger partial charge in [-0.2, -0.15) is 0 Å². The third-order valence-corrected chi connectivity index (χ3v) is 5.08. The molecule has 3 aromatic rings. The zero-order valence-corrected chi connectivity index (χ0v) is 14.7. The Morgan fingerprint density at radius 1 is 0.833 bits per heavy atom. The number of hydrogen-bond acceptors (Lipinski definition) is 2. The summed E-state index contributed by atoms with van der Waals surface area (Å²) in [5, 5.41) is 8.68. The summed E-state index contributed by atoms with van der Waals surface area (Å²) in [5.41, 5.74) is 4.77. The number of benzene rings is 2. The summed E-state index contributed by atoms with van der Waals surface area (Å²) in [6.45, 7) is 7.70. The molecule has 124 valence electrons. The molecule has 0 aliphatic rings. The predicted octanol–water partition coefficient (Wildman–Crippen LogP) is 5.44. The highest BCUT2D eigenvalue weighted by atomic mass is 15.4. The van der Waals surface area contributed by atoms with Gasteiger partial charge in [-0.3, -0.25) is 4.68 Å². The minimum Gasteiger partial charge on any atom is -0.251 e. The maximum absolute atomic E-state index is 4.35. The Morgan fingerprint density at radius 3 is 2.04 bits per heavy atom. The molecule has 0 bridgehead atoms. The van der Waals surface area contributed by atoms with Crippen LogP contribution in [0.5, 0.6) is 0 Å². The smallest absolute Gasteiger partial charge is 0.113 e. The monoisotopic (exact) mass is 319 g/mol. The second kappa shape index (κ2) is 7.00. The summed E-state index contributed by atoms with van der Waals surface area (Å²) in [4.78, 5) is 0. The summed E-state index contributed by atoms with van der Waals surface area (Å²) in [6.07, 6.45) is 4.34. The predicted molar refractivity (Wildman–Crippen MR) is 99.6 cm³/mol. The van der Waals surface area contributed by atoms with Crippen molar-refractivity contribution in [3.63, 3.8) is 0 Å². The molecule has 0 fully saturated rings. The molecule has 3 nitrogen and oxygen atoms in total. The Hall–Kier alpha value is -2.42. The first-order valence-corrected chi connectivity index (χ1v) is 8.69. The van der Waals surface area contributed by atoms with Crippen LogP contribution in [-0.2, 0) is 6.54 Å². The Kier molecular flexibility index (Phi) is 4.79. The van der Waals surface area contributed by atoms with Crippen LogP contribution in [0.3, 0.4) is 0 Å². The molecule has 3 heteroatoms. The summed E-state index contributed by atoms with van der Waals surface area (Å²) >= 11 is 0. The lowest BCUT2D eigenvalue weighted by molar-refractivity contribution is 0.236. The SMILES string of the molecule is CCC(C)(CC)Cn1cc(-c2ccc(-c3ccccc3)cc2)nn1. The normalized spacial score (nSPS) is 11.6. The first kappa shape index (κ1) is 16.4. The molecule has 0 aliphatic carbocycles. The van der Waals surface area contributed by atoms with E-state index in [1.54, 1.807) is 0 Å². The van der Waals surface area contributed by atoms with Crippen LogP contribution in [0.4, 0.5) is 0 Å². The van der Waals surface area contributed by atoms with E-state index in [1.807, 2.05) is 10.7 Å². The van der Waals surface area contributed by atoms with Gasteiger partial charge in [0.15, 0.2) is 0 Å². The Morgan fingerprint density at radius 2 is 1.42 bits per heavy atom. The van der Waals surface area contributed by atoms with Crippen molar-refractivity contribution >= 4 is 0 Å². The fourth-order valence-electron chi connectivity index (χ4n) is 2.84. The fraction of sp³-hybridized carbons (Fsp3) is 0.333. The van der Waals surface area contributed by atoms with Crippen molar-refractivity contribution in [3.05, 3.63) is 60.8 Å². The van der Waals surface area contributed by atoms with Gasteiger partial charge in [0.05, 0.1) is 6.20 Å². The van der Waals surface area contributed by atoms with Crippen LogP contribution in [0.25, 0.3) is 22.4 Å². The second-order valence-corrected chi connectivity index (χ2v) is 6.76. The van der Waals surface area contributed by atoms with Crippen molar-refractivity contribution in [2.24, 2.45) is 5.41 Å². The molecule has 24 heavy (non-hydrogen) atoms. The molecule has 1 aromatic heterocycles. The molecule has 1 heterocycles. The lowest BCUT2D eigenvalue weighted by Crippen LogP contribution is -2.22. The van der Waals surface area contributed by atoms with Crippen LogP contribution in [0.15, 0.2) is 60.8 Å². The van der Waals surface area contributed by atoms with Gasteiger partial charge in [0.1, 0.15) is 5.69 Å². The lowest BCUT2D eigenvalue weighted by atomic mass is 9.85. The lowest BCUT2D eigenvalue weighted by Gasteiger charge is -2.25. The second-order valence-electron chi connectivity index (χ2n) is 6.76. The van der Waals surface area contributed by atoms with E-state index in [0.29, 0.717) is 0 Å². The van der Waals surface area contributed by atoms with Gasteiger partial charge in [-0.05, 0) is 29.4 Å². The Bertz CT molecular complexity index is 768. The van der Waals surface area contributed by atoms with Crippen molar-refractivity contribution in [1.29, 1.82) is 0 Å². The summed E-state index contributed by atoms with van der Waals surface area (Å²) in [5.74, 6) is 0. The molecule has 0 N–H and O–H groups in total. The van der Waals surface area contributed by atoms with Crippen molar-refractivity contribution in [2.45, 2.75) is 40.2 Å². The van der Waals surface area contributed by atoms with E-state index in [9.17, 15) is 0 Å². The third kappa shape index (κ3) is 3.56. The minimum atomic E-state index is 0.280. The van der Waals surface area contributed by atoms with Gasteiger partial charge >= 0.3 is 0 Å². The Balaban J connectivity index is 1.78. The maximum Gasteiger partial charge on any atom is 0.113 e. The molecule has 3 rings (SSSR count). The highest BCUT2D eigenvalue weighted by Gasteiger charge is 2.21. The third-order valence-electron chi connectivity index (χ3n) is 5.08. The van der Waals surface area contributed by atoms with Crippen LogP contribution in [0, 0.1) is 5.41 Å². The van der Waals surface area contributed by atoms with Gasteiger partial charge in [-0.25, -0.2) is 0 Å². The van der Waals surface area contributed by atoms with E-state index in [-0.39, 0.29) is 5.41 Å². The molecular formula is C21H25N3. The summed E-state index contributed by atoms with van der Waals surface area (Å²) < 4.78 is 1.98. The van der Waals surface area contributed by atoms with E-state index in [2.05, 4.69) is 85.8 Å². The van der Waals surface area contributed by atoms with Crippen LogP contribution in [0.1, 0.15) is 33.6 Å². The van der Waals surface area contributed by atoms with E-state index in [0.717, 1.165) is 30.6 Å².